The molecule has 0 atom stereocenters. The molecule has 1 aliphatic rings. The molecule has 0 spiro atoms. The van der Waals surface area contributed by atoms with E-state index < -0.39 is 12.1 Å². The van der Waals surface area contributed by atoms with Crippen LogP contribution in [0, 0.1) is 11.8 Å². The van der Waals surface area contributed by atoms with Gasteiger partial charge in [-0.15, -0.1) is 0 Å². The van der Waals surface area contributed by atoms with Gasteiger partial charge in [0.05, 0.1) is 5.92 Å². The Morgan fingerprint density at radius 3 is 1.92 bits per heavy atom. The molecular formula is C9H14F3N. The number of nitrogens with two attached hydrogens (primary N) is 1. The summed E-state index contributed by atoms with van der Waals surface area (Å²) in [5, 5.41) is 0. The normalized spacial score (nSPS) is 30.1. The molecule has 0 aromatic heterocycles. The van der Waals surface area contributed by atoms with Crippen molar-refractivity contribution in [2.45, 2.75) is 31.9 Å². The Morgan fingerprint density at radius 2 is 1.62 bits per heavy atom. The molecule has 0 aromatic rings. The maximum absolute atomic E-state index is 12.2. The maximum Gasteiger partial charge on any atom is 0.391 e. The number of alkyl halides is 3. The van der Waals surface area contributed by atoms with Gasteiger partial charge >= 0.3 is 6.18 Å². The monoisotopic (exact) mass is 193 g/mol. The minimum atomic E-state index is -4.03. The van der Waals surface area contributed by atoms with E-state index >= 15 is 0 Å². The average Bonchev–Trinajstić information content (AvgIpc) is 2.03. The van der Waals surface area contributed by atoms with Gasteiger partial charge in [0, 0.05) is 5.70 Å². The van der Waals surface area contributed by atoms with E-state index in [0.29, 0.717) is 18.5 Å². The highest BCUT2D eigenvalue weighted by Gasteiger charge is 2.41. The second-order valence-electron chi connectivity index (χ2n) is 3.67. The molecule has 1 aliphatic carbocycles. The van der Waals surface area contributed by atoms with Crippen LogP contribution in [0.2, 0.25) is 0 Å². The zero-order valence-electron chi connectivity index (χ0n) is 7.40. The largest absolute Gasteiger partial charge is 0.402 e. The number of hydrogen-bond donors (Lipinski definition) is 1. The third kappa shape index (κ3) is 2.64. The van der Waals surface area contributed by atoms with Gasteiger partial charge in [-0.3, -0.25) is 0 Å². The second-order valence-corrected chi connectivity index (χ2v) is 3.67. The summed E-state index contributed by atoms with van der Waals surface area (Å²) in [4.78, 5) is 0. The summed E-state index contributed by atoms with van der Waals surface area (Å²) >= 11 is 0. The molecule has 1 saturated carbocycles. The Kier molecular flexibility index (Phi) is 2.88. The van der Waals surface area contributed by atoms with Crippen molar-refractivity contribution in [1.29, 1.82) is 0 Å². The SMILES string of the molecule is C=C(N)C1CCC(C(F)(F)F)CC1. The average molecular weight is 193 g/mol. The molecule has 0 aliphatic heterocycles. The first-order chi connectivity index (χ1) is 5.91. The summed E-state index contributed by atoms with van der Waals surface area (Å²) in [6, 6.07) is 0. The quantitative estimate of drug-likeness (QED) is 0.680. The smallest absolute Gasteiger partial charge is 0.391 e. The molecular weight excluding hydrogens is 179 g/mol. The molecule has 13 heavy (non-hydrogen) atoms. The Morgan fingerprint density at radius 1 is 1.15 bits per heavy atom. The summed E-state index contributed by atoms with van der Waals surface area (Å²) in [5.41, 5.74) is 5.97. The second kappa shape index (κ2) is 3.60. The lowest BCUT2D eigenvalue weighted by Crippen LogP contribution is -2.29. The van der Waals surface area contributed by atoms with E-state index in [0.717, 1.165) is 0 Å². The molecule has 0 amide bonds. The van der Waals surface area contributed by atoms with Crippen molar-refractivity contribution in [1.82, 2.24) is 0 Å². The van der Waals surface area contributed by atoms with Crippen LogP contribution in [-0.4, -0.2) is 6.18 Å². The van der Waals surface area contributed by atoms with Crippen LogP contribution < -0.4 is 5.73 Å². The zero-order chi connectivity index (χ0) is 10.1. The van der Waals surface area contributed by atoms with Crippen LogP contribution in [0.15, 0.2) is 12.3 Å². The van der Waals surface area contributed by atoms with Gasteiger partial charge in [0.25, 0.3) is 0 Å². The lowest BCUT2D eigenvalue weighted by atomic mass is 9.80. The van der Waals surface area contributed by atoms with Crippen molar-refractivity contribution in [3.63, 3.8) is 0 Å². The first-order valence-electron chi connectivity index (χ1n) is 4.42. The predicted octanol–water partition coefficient (Wildman–Crippen LogP) is 2.83. The van der Waals surface area contributed by atoms with Crippen LogP contribution >= 0.6 is 0 Å². The van der Waals surface area contributed by atoms with E-state index in [1.807, 2.05) is 0 Å². The summed E-state index contributed by atoms with van der Waals surface area (Å²) in [7, 11) is 0. The highest BCUT2D eigenvalue weighted by atomic mass is 19.4. The number of rotatable bonds is 1. The first kappa shape index (κ1) is 10.4. The van der Waals surface area contributed by atoms with Gasteiger partial charge in [-0.25, -0.2) is 0 Å². The molecule has 0 aromatic carbocycles. The fourth-order valence-electron chi connectivity index (χ4n) is 1.79. The zero-order valence-corrected chi connectivity index (χ0v) is 7.40. The summed E-state index contributed by atoms with van der Waals surface area (Å²) < 4.78 is 36.6. The fraction of sp³-hybridized carbons (Fsp3) is 0.778. The topological polar surface area (TPSA) is 26.0 Å². The van der Waals surface area contributed by atoms with Gasteiger partial charge in [0.15, 0.2) is 0 Å². The lowest BCUT2D eigenvalue weighted by Gasteiger charge is -2.29. The molecule has 0 heterocycles. The first-order valence-corrected chi connectivity index (χ1v) is 4.42. The van der Waals surface area contributed by atoms with Gasteiger partial charge in [-0.2, -0.15) is 13.2 Å². The summed E-state index contributed by atoms with van der Waals surface area (Å²) in [5.74, 6) is -1.03. The molecule has 1 fully saturated rings. The van der Waals surface area contributed by atoms with Crippen LogP contribution in [-0.2, 0) is 0 Å². The Balaban J connectivity index is 2.44. The van der Waals surface area contributed by atoms with Crippen LogP contribution in [0.1, 0.15) is 25.7 Å². The number of allylic oxidation sites excluding steroid dienone is 1. The van der Waals surface area contributed by atoms with Crippen LogP contribution in [0.3, 0.4) is 0 Å². The fourth-order valence-corrected chi connectivity index (χ4v) is 1.79. The minimum absolute atomic E-state index is 0.0959. The van der Waals surface area contributed by atoms with Crippen LogP contribution in [0.5, 0.6) is 0 Å². The van der Waals surface area contributed by atoms with E-state index in [-0.39, 0.29) is 18.8 Å². The molecule has 1 rings (SSSR count). The van der Waals surface area contributed by atoms with Crippen LogP contribution in [0.25, 0.3) is 0 Å². The Labute approximate surface area is 75.8 Å². The highest BCUT2D eigenvalue weighted by Crippen LogP contribution is 2.40. The van der Waals surface area contributed by atoms with Crippen molar-refractivity contribution in [2.24, 2.45) is 17.6 Å². The van der Waals surface area contributed by atoms with Gasteiger partial charge in [-0.05, 0) is 31.6 Å². The molecule has 0 saturated heterocycles. The van der Waals surface area contributed by atoms with E-state index in [1.54, 1.807) is 0 Å². The third-order valence-electron chi connectivity index (χ3n) is 2.71. The molecule has 0 unspecified atom stereocenters. The van der Waals surface area contributed by atoms with Crippen molar-refractivity contribution >= 4 is 0 Å². The van der Waals surface area contributed by atoms with Crippen molar-refractivity contribution in [3.05, 3.63) is 12.3 Å². The maximum atomic E-state index is 12.2. The highest BCUT2D eigenvalue weighted by molar-refractivity contribution is 4.97. The van der Waals surface area contributed by atoms with Crippen molar-refractivity contribution < 1.29 is 13.2 Å². The summed E-state index contributed by atoms with van der Waals surface area (Å²) in [6.07, 6.45) is -2.57. The van der Waals surface area contributed by atoms with E-state index in [2.05, 4.69) is 6.58 Å². The van der Waals surface area contributed by atoms with Crippen LogP contribution in [0.4, 0.5) is 13.2 Å². The van der Waals surface area contributed by atoms with E-state index in [4.69, 9.17) is 5.73 Å². The van der Waals surface area contributed by atoms with Crippen molar-refractivity contribution in [3.8, 4) is 0 Å². The van der Waals surface area contributed by atoms with Crippen molar-refractivity contribution in [2.75, 3.05) is 0 Å². The lowest BCUT2D eigenvalue weighted by molar-refractivity contribution is -0.183. The Bertz CT molecular complexity index is 190. The van der Waals surface area contributed by atoms with E-state index in [1.165, 1.54) is 0 Å². The van der Waals surface area contributed by atoms with Gasteiger partial charge in [-0.1, -0.05) is 6.58 Å². The number of hydrogen-bond acceptors (Lipinski definition) is 1. The number of halogens is 3. The molecule has 1 nitrogen and oxygen atoms in total. The van der Waals surface area contributed by atoms with Gasteiger partial charge < -0.3 is 5.73 Å². The minimum Gasteiger partial charge on any atom is -0.402 e. The van der Waals surface area contributed by atoms with Gasteiger partial charge in [0.2, 0.25) is 0 Å². The molecule has 0 radical (unpaired) electrons. The predicted molar refractivity (Wildman–Crippen MR) is 44.8 cm³/mol. The summed E-state index contributed by atoms with van der Waals surface area (Å²) in [6.45, 7) is 3.56. The van der Waals surface area contributed by atoms with E-state index in [9.17, 15) is 13.2 Å². The van der Waals surface area contributed by atoms with Gasteiger partial charge in [0.1, 0.15) is 0 Å². The molecule has 76 valence electrons. The molecule has 4 heteroatoms. The third-order valence-corrected chi connectivity index (χ3v) is 2.71. The Hall–Kier alpha value is -0.670. The standard InChI is InChI=1S/C9H14F3N/c1-6(13)7-2-4-8(5-3-7)9(10,11)12/h7-8H,1-5,13H2. The molecule has 2 N–H and O–H groups in total. The molecule has 0 bridgehead atoms.